The van der Waals surface area contributed by atoms with Crippen molar-refractivity contribution in [3.05, 3.63) is 0 Å². The molecule has 19 heavy (non-hydrogen) atoms. The molecule has 5 atom stereocenters. The number of carbonyl (C=O) groups is 2. The Labute approximate surface area is 141 Å². The predicted molar refractivity (Wildman–Crippen MR) is 83.5 cm³/mol. The number of halogens is 2. The van der Waals surface area contributed by atoms with Crippen LogP contribution in [0.15, 0.2) is 0 Å². The summed E-state index contributed by atoms with van der Waals surface area (Å²) in [6, 6.07) is -0.253. The number of aliphatic hydroxyl groups excluding tert-OH is 1. The van der Waals surface area contributed by atoms with Gasteiger partial charge in [-0.3, -0.25) is 9.69 Å². The number of rotatable bonds is 0. The zero-order valence-corrected chi connectivity index (χ0v) is 16.6. The molecule has 1 aliphatic heterocycles. The van der Waals surface area contributed by atoms with E-state index in [1.807, 2.05) is 6.92 Å². The van der Waals surface area contributed by atoms with Crippen LogP contribution in [0.2, 0.25) is 0 Å². The van der Waals surface area contributed by atoms with Crippen molar-refractivity contribution in [2.24, 2.45) is 17.8 Å². The van der Waals surface area contributed by atoms with Gasteiger partial charge in [-0.15, -0.1) is 0 Å². The Morgan fingerprint density at radius 1 is 1.37 bits per heavy atom. The van der Waals surface area contributed by atoms with Crippen LogP contribution in [0.3, 0.4) is 0 Å². The van der Waals surface area contributed by atoms with E-state index in [9.17, 15) is 14.7 Å². The molecule has 107 valence electrons. The van der Waals surface area contributed by atoms with Crippen molar-refractivity contribution in [2.75, 3.05) is 14.1 Å². The molecule has 3 aliphatic rings. The van der Waals surface area contributed by atoms with E-state index in [2.05, 4.69) is 40.0 Å². The minimum atomic E-state index is -0.755. The quantitative estimate of drug-likeness (QED) is 0.384. The molecule has 8 heteroatoms. The summed E-state index contributed by atoms with van der Waals surface area (Å²) in [5.74, 6) is 0.546. The average Bonchev–Trinajstić information content (AvgIpc) is 2.88. The number of hydrogen-bond acceptors (Lipinski definition) is 3. The van der Waals surface area contributed by atoms with Crippen LogP contribution >= 0.6 is 40.0 Å². The van der Waals surface area contributed by atoms with E-state index >= 15 is 0 Å². The monoisotopic (exact) mass is 529 g/mol. The first-order valence-electron chi connectivity index (χ1n) is 6.00. The minimum absolute atomic E-state index is 0.143. The standard InChI is InChI=1S/C11H16N2O3.2HI.V/c1-5-7-6(14)4-11(8(5)7)9(15)12(2)10(16)13(11)3;;;/h5-8,14H,4H2,1-3H3;2*1H;/q;;;+2/p-2/t5-,6?,7?,8?,11?;;;/m0.../s1. The summed E-state index contributed by atoms with van der Waals surface area (Å²) in [7, 11) is 3.81. The Morgan fingerprint density at radius 2 is 1.89 bits per heavy atom. The SMILES string of the molecule is C[C@H]1C2C(O)CC3(C(=O)N(C)C(=O)N3C)C21.[I][V][I]. The third-order valence-electron chi connectivity index (χ3n) is 4.81. The zero-order chi connectivity index (χ0) is 14.5. The number of amides is 3. The third-order valence-corrected chi connectivity index (χ3v) is 4.81. The van der Waals surface area contributed by atoms with Crippen molar-refractivity contribution in [3.63, 3.8) is 0 Å². The topological polar surface area (TPSA) is 60.9 Å². The molecule has 2 saturated carbocycles. The predicted octanol–water partition coefficient (Wildman–Crippen LogP) is 1.66. The Kier molecular flexibility index (Phi) is 4.83. The van der Waals surface area contributed by atoms with Crippen LogP contribution in [-0.2, 0) is 14.3 Å². The molecule has 0 radical (unpaired) electrons. The number of fused-ring (bicyclic) bond motifs is 2. The number of urea groups is 1. The first-order valence-corrected chi connectivity index (χ1v) is 15.0. The molecule has 0 aromatic rings. The van der Waals surface area contributed by atoms with Gasteiger partial charge in [-0.2, -0.15) is 0 Å². The molecule has 3 amide bonds. The molecule has 3 rings (SSSR count). The molecule has 1 N–H and O–H groups in total. The maximum atomic E-state index is 12.2. The van der Waals surface area contributed by atoms with Gasteiger partial charge in [0.1, 0.15) is 5.54 Å². The number of likely N-dealkylation sites (N-methyl/N-ethyl adjacent to an activating group) is 2. The number of hydrogen-bond donors (Lipinski definition) is 1. The molecular formula is C11H16I2N2O3V. The van der Waals surface area contributed by atoms with Gasteiger partial charge in [0.25, 0.3) is 5.91 Å². The van der Waals surface area contributed by atoms with Crippen molar-refractivity contribution in [1.29, 1.82) is 0 Å². The zero-order valence-electron chi connectivity index (χ0n) is 10.9. The Balaban J connectivity index is 0.000000408. The summed E-state index contributed by atoms with van der Waals surface area (Å²) in [6.45, 7) is 2.05. The fourth-order valence-electron chi connectivity index (χ4n) is 3.93. The van der Waals surface area contributed by atoms with Gasteiger partial charge in [0.15, 0.2) is 0 Å². The van der Waals surface area contributed by atoms with E-state index in [0.717, 1.165) is 0 Å². The Bertz CT molecular complexity index is 425. The summed E-state index contributed by atoms with van der Waals surface area (Å²) < 4.78 is 0. The van der Waals surface area contributed by atoms with Crippen LogP contribution in [0.1, 0.15) is 13.3 Å². The van der Waals surface area contributed by atoms with Crippen LogP contribution in [-0.4, -0.2) is 52.6 Å². The van der Waals surface area contributed by atoms with E-state index in [-0.39, 0.29) is 23.8 Å². The van der Waals surface area contributed by atoms with Crippen LogP contribution in [0, 0.1) is 17.8 Å². The molecule has 2 aliphatic carbocycles. The van der Waals surface area contributed by atoms with E-state index in [0.29, 0.717) is 21.8 Å². The fraction of sp³-hybridized carbons (Fsp3) is 0.818. The van der Waals surface area contributed by atoms with Gasteiger partial charge in [-0.05, 0) is 17.8 Å². The summed E-state index contributed by atoms with van der Waals surface area (Å²) in [4.78, 5) is 26.7. The second-order valence-electron chi connectivity index (χ2n) is 5.43. The summed E-state index contributed by atoms with van der Waals surface area (Å²) in [5, 5.41) is 9.93. The van der Waals surface area contributed by atoms with Gasteiger partial charge >= 0.3 is 55.5 Å². The van der Waals surface area contributed by atoms with Gasteiger partial charge in [0, 0.05) is 20.5 Å². The molecule has 1 spiro atoms. The van der Waals surface area contributed by atoms with Gasteiger partial charge < -0.3 is 10.0 Å². The molecule has 5 nitrogen and oxygen atoms in total. The summed E-state index contributed by atoms with van der Waals surface area (Å²) >= 11 is 4.74. The Morgan fingerprint density at radius 3 is 2.21 bits per heavy atom. The average molecular weight is 529 g/mol. The fourth-order valence-corrected chi connectivity index (χ4v) is 3.93. The van der Waals surface area contributed by atoms with E-state index in [4.69, 9.17) is 0 Å². The molecule has 1 heterocycles. The summed E-state index contributed by atoms with van der Waals surface area (Å²) in [5.41, 5.74) is -0.755. The number of aliphatic hydroxyl groups is 1. The maximum absolute atomic E-state index is 12.2. The first kappa shape index (κ1) is 16.3. The first-order chi connectivity index (χ1) is 8.84. The van der Waals surface area contributed by atoms with Crippen LogP contribution in [0.4, 0.5) is 4.79 Å². The van der Waals surface area contributed by atoms with Gasteiger partial charge in [-0.25, -0.2) is 4.79 Å². The normalized spacial score (nSPS) is 43.3. The summed E-state index contributed by atoms with van der Waals surface area (Å²) in [6.07, 6.45) is -0.0383. The second-order valence-corrected chi connectivity index (χ2v) is 17.2. The molecule has 1 saturated heterocycles. The van der Waals surface area contributed by atoms with Gasteiger partial charge in [-0.1, -0.05) is 6.92 Å². The van der Waals surface area contributed by atoms with Crippen LogP contribution < -0.4 is 0 Å². The molecule has 3 fully saturated rings. The number of imide groups is 1. The van der Waals surface area contributed by atoms with Crippen molar-refractivity contribution in [2.45, 2.75) is 25.0 Å². The van der Waals surface area contributed by atoms with Gasteiger partial charge in [0.2, 0.25) is 0 Å². The van der Waals surface area contributed by atoms with Crippen molar-refractivity contribution >= 4 is 51.9 Å². The van der Waals surface area contributed by atoms with E-state index < -0.39 is 11.6 Å². The molecule has 0 bridgehead atoms. The molecule has 4 unspecified atom stereocenters. The van der Waals surface area contributed by atoms with Crippen molar-refractivity contribution in [3.8, 4) is 0 Å². The molecule has 0 aromatic heterocycles. The van der Waals surface area contributed by atoms with Crippen molar-refractivity contribution < 1.29 is 24.2 Å². The Hall–Kier alpha value is 0.944. The van der Waals surface area contributed by atoms with Crippen molar-refractivity contribution in [1.82, 2.24) is 9.80 Å². The van der Waals surface area contributed by atoms with Crippen LogP contribution in [0.5, 0.6) is 0 Å². The molecular weight excluding hydrogens is 513 g/mol. The number of nitrogens with zero attached hydrogens (tertiary/aromatic N) is 2. The number of carbonyl (C=O) groups excluding carboxylic acids is 2. The third kappa shape index (κ3) is 2.18. The van der Waals surface area contributed by atoms with Gasteiger partial charge in [0.05, 0.1) is 6.10 Å². The van der Waals surface area contributed by atoms with E-state index in [1.54, 1.807) is 7.05 Å². The second kappa shape index (κ2) is 5.62. The van der Waals surface area contributed by atoms with E-state index in [1.165, 1.54) is 16.8 Å². The van der Waals surface area contributed by atoms with Crippen LogP contribution in [0.25, 0.3) is 0 Å². The molecule has 0 aromatic carbocycles.